The Morgan fingerprint density at radius 2 is 1.84 bits per heavy atom. The molecule has 2 heterocycles. The van der Waals surface area contributed by atoms with Crippen molar-refractivity contribution in [1.82, 2.24) is 9.88 Å². The van der Waals surface area contributed by atoms with Crippen molar-refractivity contribution in [2.45, 2.75) is 53.6 Å². The van der Waals surface area contributed by atoms with E-state index in [1.807, 2.05) is 12.4 Å². The van der Waals surface area contributed by atoms with Gasteiger partial charge < -0.3 is 4.90 Å². The molecule has 0 spiro atoms. The van der Waals surface area contributed by atoms with Gasteiger partial charge in [-0.1, -0.05) is 31.5 Å². The van der Waals surface area contributed by atoms with Crippen LogP contribution in [0.4, 0.5) is 0 Å². The molecule has 1 aliphatic heterocycles. The van der Waals surface area contributed by atoms with Gasteiger partial charge in [0.1, 0.15) is 0 Å². The van der Waals surface area contributed by atoms with Gasteiger partial charge in [0.25, 0.3) is 0 Å². The van der Waals surface area contributed by atoms with E-state index in [0.717, 1.165) is 11.8 Å². The van der Waals surface area contributed by atoms with E-state index in [9.17, 15) is 0 Å². The average molecular weight is 335 g/mol. The summed E-state index contributed by atoms with van der Waals surface area (Å²) in [6, 6.07) is 4.51. The van der Waals surface area contributed by atoms with E-state index in [0.29, 0.717) is 5.92 Å². The van der Waals surface area contributed by atoms with E-state index in [1.165, 1.54) is 33.0 Å². The van der Waals surface area contributed by atoms with Gasteiger partial charge in [0.05, 0.1) is 11.6 Å². The first-order chi connectivity index (χ1) is 11.7. The van der Waals surface area contributed by atoms with Crippen LogP contribution in [0.5, 0.6) is 0 Å². The van der Waals surface area contributed by atoms with Crippen LogP contribution in [0, 0.1) is 26.7 Å². The van der Waals surface area contributed by atoms with Crippen molar-refractivity contribution >= 4 is 6.20 Å². The third kappa shape index (κ3) is 3.08. The summed E-state index contributed by atoms with van der Waals surface area (Å²) in [7, 11) is 2.13. The molecule has 1 atom stereocenters. The van der Waals surface area contributed by atoms with Crippen molar-refractivity contribution in [3.05, 3.63) is 62.9 Å². The summed E-state index contributed by atoms with van der Waals surface area (Å²) in [5.74, 6) is 0.599. The van der Waals surface area contributed by atoms with Gasteiger partial charge in [0.15, 0.2) is 5.66 Å². The number of nitrogens with zero attached hydrogens (tertiary/aromatic N) is 3. The minimum Gasteiger partial charge on any atom is -0.352 e. The van der Waals surface area contributed by atoms with Crippen LogP contribution in [0.2, 0.25) is 0 Å². The van der Waals surface area contributed by atoms with Gasteiger partial charge in [-0.25, -0.2) is 0 Å². The van der Waals surface area contributed by atoms with Gasteiger partial charge in [-0.15, -0.1) is 0 Å². The quantitative estimate of drug-likeness (QED) is 0.860. The number of pyridine rings is 1. The van der Waals surface area contributed by atoms with Crippen molar-refractivity contribution in [1.29, 1.82) is 0 Å². The highest BCUT2D eigenvalue weighted by Crippen LogP contribution is 2.34. The molecule has 0 radical (unpaired) electrons. The second-order valence-electron chi connectivity index (χ2n) is 7.96. The summed E-state index contributed by atoms with van der Waals surface area (Å²) in [6.45, 7) is 13.2. The number of fused-ring (bicyclic) bond motifs is 1. The largest absolute Gasteiger partial charge is 0.352 e. The molecule has 3 rings (SSSR count). The third-order valence-electron chi connectivity index (χ3n) is 5.35. The van der Waals surface area contributed by atoms with Crippen molar-refractivity contribution < 1.29 is 0 Å². The molecule has 1 aromatic heterocycles. The zero-order chi connectivity index (χ0) is 18.4. The Labute approximate surface area is 151 Å². The van der Waals surface area contributed by atoms with Gasteiger partial charge in [-0.05, 0) is 56.7 Å². The summed E-state index contributed by atoms with van der Waals surface area (Å²) in [6.07, 6.45) is 7.16. The lowest BCUT2D eigenvalue weighted by atomic mass is 9.90. The van der Waals surface area contributed by atoms with Crippen LogP contribution in [-0.4, -0.2) is 16.9 Å². The summed E-state index contributed by atoms with van der Waals surface area (Å²) in [5, 5.41) is 2.21. The molecule has 1 unspecified atom stereocenters. The van der Waals surface area contributed by atoms with Crippen molar-refractivity contribution in [3.8, 4) is 0 Å². The smallest absolute Gasteiger partial charge is 0.155 e. The van der Waals surface area contributed by atoms with Gasteiger partial charge in [-0.3, -0.25) is 9.98 Å². The molecule has 0 fully saturated rings. The van der Waals surface area contributed by atoms with E-state index in [4.69, 9.17) is 4.99 Å². The maximum Gasteiger partial charge on any atom is 0.155 e. The number of benzene rings is 1. The number of hydrogen-bond acceptors (Lipinski definition) is 3. The fourth-order valence-corrected chi connectivity index (χ4v) is 3.76. The fourth-order valence-electron chi connectivity index (χ4n) is 3.76. The predicted molar refractivity (Wildman–Crippen MR) is 104 cm³/mol. The molecule has 0 N–H and O–H groups in total. The van der Waals surface area contributed by atoms with Crippen molar-refractivity contribution in [2.75, 3.05) is 7.05 Å². The highest BCUT2D eigenvalue weighted by Gasteiger charge is 2.33. The monoisotopic (exact) mass is 335 g/mol. The van der Waals surface area contributed by atoms with Gasteiger partial charge in [0.2, 0.25) is 0 Å². The van der Waals surface area contributed by atoms with Crippen molar-refractivity contribution in [3.63, 3.8) is 0 Å². The number of aromatic nitrogens is 1. The highest BCUT2D eigenvalue weighted by molar-refractivity contribution is 5.44. The average Bonchev–Trinajstić information content (AvgIpc) is 2.52. The Bertz CT molecular complexity index is 927. The molecular formula is C22H29N3. The Balaban J connectivity index is 2.23. The normalized spacial score (nSPS) is 19.4. The van der Waals surface area contributed by atoms with Crippen LogP contribution in [-0.2, 0) is 12.1 Å². The summed E-state index contributed by atoms with van der Waals surface area (Å²) in [5.41, 5.74) is 6.04. The van der Waals surface area contributed by atoms with Crippen LogP contribution in [0.3, 0.4) is 0 Å². The molecule has 1 aliphatic rings. The van der Waals surface area contributed by atoms with E-state index in [2.05, 4.69) is 76.8 Å². The molecule has 3 heteroatoms. The Kier molecular flexibility index (Phi) is 4.44. The van der Waals surface area contributed by atoms with E-state index >= 15 is 0 Å². The van der Waals surface area contributed by atoms with Crippen LogP contribution in [0.1, 0.15) is 48.6 Å². The van der Waals surface area contributed by atoms with E-state index in [1.54, 1.807) is 0 Å². The predicted octanol–water partition coefficient (Wildman–Crippen LogP) is 3.38. The number of aryl methyl sites for hydroxylation is 2. The van der Waals surface area contributed by atoms with Gasteiger partial charge in [-0.2, -0.15) is 0 Å². The van der Waals surface area contributed by atoms with Crippen molar-refractivity contribution in [2.24, 2.45) is 10.9 Å². The lowest BCUT2D eigenvalue weighted by Gasteiger charge is -2.38. The maximum atomic E-state index is 5.17. The fraction of sp³-hybridized carbons (Fsp3) is 0.455. The lowest BCUT2D eigenvalue weighted by molar-refractivity contribution is 0.224. The summed E-state index contributed by atoms with van der Waals surface area (Å²) >= 11 is 0. The molecule has 132 valence electrons. The van der Waals surface area contributed by atoms with Crippen LogP contribution in [0.25, 0.3) is 6.20 Å². The molecule has 0 bridgehead atoms. The number of rotatable bonds is 3. The Hall–Kier alpha value is -2.16. The molecule has 3 nitrogen and oxygen atoms in total. The minimum atomic E-state index is -0.411. The van der Waals surface area contributed by atoms with E-state index < -0.39 is 5.66 Å². The molecule has 2 aromatic rings. The molecule has 0 saturated carbocycles. The highest BCUT2D eigenvalue weighted by atomic mass is 15.3. The third-order valence-corrected chi connectivity index (χ3v) is 5.35. The Morgan fingerprint density at radius 3 is 2.52 bits per heavy atom. The Morgan fingerprint density at radius 1 is 1.12 bits per heavy atom. The standard InChI is InChI=1S/C22H29N3/c1-14(2)8-18-11-23-12-21-19(18)13-25(7)22(6,24-21)20-10-15(3)9-16(4)17(20)5/h9-14H,8H2,1-7H3. The summed E-state index contributed by atoms with van der Waals surface area (Å²) < 4.78 is 0. The lowest BCUT2D eigenvalue weighted by Crippen LogP contribution is -2.48. The first-order valence-electron chi connectivity index (χ1n) is 9.08. The zero-order valence-corrected chi connectivity index (χ0v) is 16.5. The van der Waals surface area contributed by atoms with E-state index in [-0.39, 0.29) is 0 Å². The van der Waals surface area contributed by atoms with Crippen LogP contribution < -0.4 is 10.6 Å². The molecule has 0 saturated heterocycles. The SMILES string of the molecule is Cc1cc(C)c(C)c(C2(C)N=c3cncc(CC(C)C)c3=CN2C)c1. The minimum absolute atomic E-state index is 0.411. The van der Waals surface area contributed by atoms with Gasteiger partial charge >= 0.3 is 0 Å². The molecule has 0 amide bonds. The summed E-state index contributed by atoms with van der Waals surface area (Å²) in [4.78, 5) is 11.9. The first-order valence-corrected chi connectivity index (χ1v) is 9.08. The molecule has 25 heavy (non-hydrogen) atoms. The first kappa shape index (κ1) is 17.7. The van der Waals surface area contributed by atoms with Gasteiger partial charge in [0, 0.05) is 30.2 Å². The van der Waals surface area contributed by atoms with Crippen LogP contribution in [0.15, 0.2) is 29.5 Å². The second kappa shape index (κ2) is 6.29. The van der Waals surface area contributed by atoms with Crippen LogP contribution >= 0.6 is 0 Å². The maximum absolute atomic E-state index is 5.17. The molecular weight excluding hydrogens is 306 g/mol. The topological polar surface area (TPSA) is 28.5 Å². The molecule has 0 aliphatic carbocycles. The molecule has 1 aromatic carbocycles. The zero-order valence-electron chi connectivity index (χ0n) is 16.5. The number of hydrogen-bond donors (Lipinski definition) is 0. The second-order valence-corrected chi connectivity index (χ2v) is 7.96.